The second-order valence-electron chi connectivity index (χ2n) is 7.56. The summed E-state index contributed by atoms with van der Waals surface area (Å²) >= 11 is 1.84. The zero-order valence-corrected chi connectivity index (χ0v) is 19.2. The monoisotopic (exact) mass is 434 g/mol. The minimum Gasteiger partial charge on any atom is -0.371 e. The van der Waals surface area contributed by atoms with E-state index in [-0.39, 0.29) is 6.10 Å². The van der Waals surface area contributed by atoms with Crippen molar-refractivity contribution < 1.29 is 9.26 Å². The van der Waals surface area contributed by atoms with E-state index in [2.05, 4.69) is 62.2 Å². The van der Waals surface area contributed by atoms with Gasteiger partial charge in [-0.2, -0.15) is 4.98 Å². The fraction of sp³-hybridized carbons (Fsp3) is 0.667. The van der Waals surface area contributed by atoms with Crippen molar-refractivity contribution in [3.8, 4) is 0 Å². The van der Waals surface area contributed by atoms with Crippen LogP contribution in [0.1, 0.15) is 62.4 Å². The second kappa shape index (κ2) is 11.4. The predicted octanol–water partition coefficient (Wildman–Crippen LogP) is 3.37. The highest BCUT2D eigenvalue weighted by atomic mass is 32.1. The molecule has 1 aliphatic rings. The van der Waals surface area contributed by atoms with Gasteiger partial charge in [-0.15, -0.1) is 11.3 Å². The summed E-state index contributed by atoms with van der Waals surface area (Å²) in [7, 11) is 2.23. The van der Waals surface area contributed by atoms with E-state index < -0.39 is 0 Å². The lowest BCUT2D eigenvalue weighted by Crippen LogP contribution is -2.44. The highest BCUT2D eigenvalue weighted by Crippen LogP contribution is 2.36. The zero-order valence-electron chi connectivity index (χ0n) is 18.4. The number of rotatable bonds is 9. The van der Waals surface area contributed by atoms with Gasteiger partial charge in [0, 0.05) is 30.6 Å². The second-order valence-corrected chi connectivity index (χ2v) is 8.54. The minimum atomic E-state index is -0.180. The van der Waals surface area contributed by atoms with Crippen LogP contribution in [0.15, 0.2) is 27.0 Å². The molecular formula is C21H34N6O2S. The quantitative estimate of drug-likeness (QED) is 0.462. The van der Waals surface area contributed by atoms with Gasteiger partial charge < -0.3 is 19.9 Å². The Morgan fingerprint density at radius 2 is 2.30 bits per heavy atom. The van der Waals surface area contributed by atoms with Crippen LogP contribution in [0.2, 0.25) is 0 Å². The number of guanidine groups is 1. The Balaban J connectivity index is 1.60. The van der Waals surface area contributed by atoms with Crippen molar-refractivity contribution >= 4 is 17.3 Å². The van der Waals surface area contributed by atoms with Crippen LogP contribution in [0.4, 0.5) is 0 Å². The average molecular weight is 435 g/mol. The molecule has 2 aromatic heterocycles. The van der Waals surface area contributed by atoms with Gasteiger partial charge >= 0.3 is 0 Å². The third kappa shape index (κ3) is 6.02. The van der Waals surface area contributed by atoms with Crippen LogP contribution in [0.3, 0.4) is 0 Å². The summed E-state index contributed by atoms with van der Waals surface area (Å²) in [4.78, 5) is 13.0. The number of thiophene rings is 1. The first-order valence-corrected chi connectivity index (χ1v) is 11.7. The molecular weight excluding hydrogens is 400 g/mol. The Kier molecular flexibility index (Phi) is 8.65. The Morgan fingerprint density at radius 3 is 3.03 bits per heavy atom. The summed E-state index contributed by atoms with van der Waals surface area (Å²) in [6, 6.07) is 4.84. The van der Waals surface area contributed by atoms with E-state index >= 15 is 0 Å². The molecule has 0 radical (unpaired) electrons. The smallest absolute Gasteiger partial charge is 0.248 e. The predicted molar refractivity (Wildman–Crippen MR) is 120 cm³/mol. The van der Waals surface area contributed by atoms with Crippen LogP contribution in [0, 0.1) is 5.92 Å². The van der Waals surface area contributed by atoms with E-state index in [0.29, 0.717) is 36.8 Å². The molecule has 0 aromatic carbocycles. The first-order chi connectivity index (χ1) is 14.6. The van der Waals surface area contributed by atoms with Crippen LogP contribution in [-0.4, -0.2) is 54.3 Å². The molecule has 1 fully saturated rings. The van der Waals surface area contributed by atoms with Gasteiger partial charge in [-0.1, -0.05) is 11.2 Å². The van der Waals surface area contributed by atoms with E-state index in [0.717, 1.165) is 25.6 Å². The molecule has 3 heterocycles. The van der Waals surface area contributed by atoms with Gasteiger partial charge in [-0.25, -0.2) is 4.99 Å². The summed E-state index contributed by atoms with van der Waals surface area (Å²) < 4.78 is 10.8. The Bertz CT molecular complexity index is 778. The molecule has 2 aromatic rings. The van der Waals surface area contributed by atoms with Gasteiger partial charge in [0.25, 0.3) is 0 Å². The van der Waals surface area contributed by atoms with Gasteiger partial charge in [0.15, 0.2) is 11.8 Å². The van der Waals surface area contributed by atoms with Crippen molar-refractivity contribution in [1.82, 2.24) is 25.7 Å². The molecule has 0 saturated carbocycles. The normalized spacial score (nSPS) is 21.5. The van der Waals surface area contributed by atoms with Crippen molar-refractivity contribution in [1.29, 1.82) is 0 Å². The zero-order chi connectivity index (χ0) is 21.3. The molecule has 3 rings (SSSR count). The Hall–Kier alpha value is -1.97. The fourth-order valence-corrected chi connectivity index (χ4v) is 4.90. The topological polar surface area (TPSA) is 87.8 Å². The van der Waals surface area contributed by atoms with E-state index in [9.17, 15) is 0 Å². The van der Waals surface area contributed by atoms with Gasteiger partial charge in [0.1, 0.15) is 12.6 Å². The van der Waals surface area contributed by atoms with Crippen molar-refractivity contribution in [2.24, 2.45) is 10.9 Å². The molecule has 30 heavy (non-hydrogen) atoms. The maximum Gasteiger partial charge on any atom is 0.248 e. The lowest BCUT2D eigenvalue weighted by molar-refractivity contribution is 0.0683. The molecule has 3 unspecified atom stereocenters. The molecule has 1 aliphatic heterocycles. The number of piperidine rings is 1. The SMILES string of the molecule is CCNC(=NCc1nc(C(C)OCC)no1)NCC1CCCN(C)C1c1cccs1. The van der Waals surface area contributed by atoms with Crippen LogP contribution >= 0.6 is 11.3 Å². The fourth-order valence-electron chi connectivity index (χ4n) is 3.92. The molecule has 2 N–H and O–H groups in total. The van der Waals surface area contributed by atoms with E-state index in [1.54, 1.807) is 0 Å². The number of likely N-dealkylation sites (tertiary alicyclic amines) is 1. The first-order valence-electron chi connectivity index (χ1n) is 10.8. The van der Waals surface area contributed by atoms with Crippen LogP contribution < -0.4 is 10.6 Å². The number of aromatic nitrogens is 2. The third-order valence-electron chi connectivity index (χ3n) is 5.35. The molecule has 8 nitrogen and oxygen atoms in total. The first kappa shape index (κ1) is 22.7. The van der Waals surface area contributed by atoms with Crippen molar-refractivity contribution in [3.05, 3.63) is 34.1 Å². The van der Waals surface area contributed by atoms with E-state index in [1.807, 2.05) is 25.2 Å². The van der Waals surface area contributed by atoms with Gasteiger partial charge in [0.2, 0.25) is 5.89 Å². The standard InChI is InChI=1S/C21H34N6O2S/c1-5-22-21(24-14-18-25-20(26-29-18)15(3)28-6-2)23-13-16-9-7-11-27(4)19(16)17-10-8-12-30-17/h8,10,12,15-16,19H,5-7,9,11,13-14H2,1-4H3,(H2,22,23,24). The highest BCUT2D eigenvalue weighted by molar-refractivity contribution is 7.10. The molecule has 3 atom stereocenters. The molecule has 0 spiro atoms. The van der Waals surface area contributed by atoms with Crippen LogP contribution in [0.25, 0.3) is 0 Å². The lowest BCUT2D eigenvalue weighted by atomic mass is 9.88. The molecule has 166 valence electrons. The van der Waals surface area contributed by atoms with Crippen molar-refractivity contribution in [3.63, 3.8) is 0 Å². The number of nitrogens with zero attached hydrogens (tertiary/aromatic N) is 4. The maximum atomic E-state index is 5.51. The number of ether oxygens (including phenoxy) is 1. The number of hydrogen-bond acceptors (Lipinski definition) is 7. The Labute approximate surface area is 183 Å². The highest BCUT2D eigenvalue weighted by Gasteiger charge is 2.31. The maximum absolute atomic E-state index is 5.51. The molecule has 0 bridgehead atoms. The minimum absolute atomic E-state index is 0.180. The third-order valence-corrected chi connectivity index (χ3v) is 6.30. The van der Waals surface area contributed by atoms with Crippen LogP contribution in [0.5, 0.6) is 0 Å². The summed E-state index contributed by atoms with van der Waals surface area (Å²) in [5.74, 6) is 2.35. The van der Waals surface area contributed by atoms with E-state index in [1.165, 1.54) is 17.7 Å². The largest absolute Gasteiger partial charge is 0.371 e. The molecule has 0 aliphatic carbocycles. The van der Waals surface area contributed by atoms with Crippen LogP contribution in [-0.2, 0) is 11.3 Å². The summed E-state index contributed by atoms with van der Waals surface area (Å²) in [6.07, 6.45) is 2.25. The van der Waals surface area contributed by atoms with Gasteiger partial charge in [-0.3, -0.25) is 4.90 Å². The van der Waals surface area contributed by atoms with Crippen molar-refractivity contribution in [2.45, 2.75) is 52.3 Å². The molecule has 0 amide bonds. The number of aliphatic imine (C=N–C) groups is 1. The van der Waals surface area contributed by atoms with Crippen molar-refractivity contribution in [2.75, 3.05) is 33.3 Å². The van der Waals surface area contributed by atoms with Gasteiger partial charge in [-0.05, 0) is 64.6 Å². The summed E-state index contributed by atoms with van der Waals surface area (Å²) in [5.41, 5.74) is 0. The van der Waals surface area contributed by atoms with E-state index in [4.69, 9.17) is 9.26 Å². The Morgan fingerprint density at radius 1 is 1.43 bits per heavy atom. The number of hydrogen-bond donors (Lipinski definition) is 2. The lowest BCUT2D eigenvalue weighted by Gasteiger charge is -2.39. The van der Waals surface area contributed by atoms with Gasteiger partial charge in [0.05, 0.1) is 0 Å². The summed E-state index contributed by atoms with van der Waals surface area (Å²) in [5, 5.41) is 13.0. The average Bonchev–Trinajstić information content (AvgIpc) is 3.42. The number of nitrogens with one attached hydrogen (secondary N) is 2. The summed E-state index contributed by atoms with van der Waals surface area (Å²) in [6.45, 7) is 9.68. The molecule has 1 saturated heterocycles. The molecule has 9 heteroatoms.